The highest BCUT2D eigenvalue weighted by molar-refractivity contribution is 7.89. The molecule has 2 rings (SSSR count). The van der Waals surface area contributed by atoms with E-state index in [1.165, 1.54) is 12.1 Å². The fourth-order valence-electron chi connectivity index (χ4n) is 2.74. The predicted octanol–water partition coefficient (Wildman–Crippen LogP) is 2.71. The number of sulfonamides is 1. The molecule has 0 amide bonds. The largest absolute Gasteiger partial charge is 0.480 e. The van der Waals surface area contributed by atoms with Crippen LogP contribution in [0.15, 0.2) is 23.1 Å². The molecule has 0 heterocycles. The van der Waals surface area contributed by atoms with Gasteiger partial charge in [-0.25, -0.2) is 8.42 Å². The number of aliphatic carboxylic acids is 1. The van der Waals surface area contributed by atoms with Crippen molar-refractivity contribution in [2.75, 3.05) is 0 Å². The highest BCUT2D eigenvalue weighted by atomic mass is 35.5. The van der Waals surface area contributed by atoms with Gasteiger partial charge in [0.15, 0.2) is 0 Å². The molecule has 21 heavy (non-hydrogen) atoms. The number of nitrogens with one attached hydrogen (secondary N) is 1. The van der Waals surface area contributed by atoms with Crippen LogP contribution in [0, 0.1) is 6.92 Å². The van der Waals surface area contributed by atoms with E-state index in [-0.39, 0.29) is 4.90 Å². The number of halogens is 1. The zero-order valence-corrected chi connectivity index (χ0v) is 13.3. The van der Waals surface area contributed by atoms with Crippen LogP contribution in [0.4, 0.5) is 0 Å². The average molecular weight is 332 g/mol. The van der Waals surface area contributed by atoms with Gasteiger partial charge in [0.2, 0.25) is 10.0 Å². The zero-order valence-electron chi connectivity index (χ0n) is 11.7. The molecule has 1 saturated carbocycles. The molecule has 0 saturated heterocycles. The summed E-state index contributed by atoms with van der Waals surface area (Å²) in [5.74, 6) is -1.11. The van der Waals surface area contributed by atoms with E-state index >= 15 is 0 Å². The number of hydrogen-bond donors (Lipinski definition) is 2. The number of hydrogen-bond acceptors (Lipinski definition) is 3. The minimum absolute atomic E-state index is 0.0677. The Labute approximate surface area is 129 Å². The van der Waals surface area contributed by atoms with E-state index in [9.17, 15) is 18.3 Å². The van der Waals surface area contributed by atoms with Crippen molar-refractivity contribution in [3.63, 3.8) is 0 Å². The Bertz CT molecular complexity index is 651. The van der Waals surface area contributed by atoms with Crippen molar-refractivity contribution in [3.8, 4) is 0 Å². The van der Waals surface area contributed by atoms with Gasteiger partial charge < -0.3 is 5.11 Å². The molecule has 7 heteroatoms. The Morgan fingerprint density at radius 1 is 1.29 bits per heavy atom. The summed E-state index contributed by atoms with van der Waals surface area (Å²) >= 11 is 5.83. The summed E-state index contributed by atoms with van der Waals surface area (Å²) in [7, 11) is -3.90. The van der Waals surface area contributed by atoms with Gasteiger partial charge >= 0.3 is 5.97 Å². The van der Waals surface area contributed by atoms with Gasteiger partial charge in [0.1, 0.15) is 5.54 Å². The molecule has 0 aliphatic heterocycles. The third kappa shape index (κ3) is 3.39. The van der Waals surface area contributed by atoms with E-state index in [2.05, 4.69) is 4.72 Å². The second-order valence-corrected chi connectivity index (χ2v) is 7.55. The molecule has 1 aliphatic rings. The monoisotopic (exact) mass is 331 g/mol. The molecular weight excluding hydrogens is 314 g/mol. The molecule has 1 aromatic rings. The second kappa shape index (κ2) is 5.94. The highest BCUT2D eigenvalue weighted by Crippen LogP contribution is 2.31. The summed E-state index contributed by atoms with van der Waals surface area (Å²) in [6, 6.07) is 4.43. The van der Waals surface area contributed by atoms with Crippen molar-refractivity contribution in [3.05, 3.63) is 28.8 Å². The van der Waals surface area contributed by atoms with E-state index in [0.29, 0.717) is 36.3 Å². The van der Waals surface area contributed by atoms with E-state index in [1.807, 2.05) is 0 Å². The van der Waals surface area contributed by atoms with Gasteiger partial charge in [-0.1, -0.05) is 30.9 Å². The Morgan fingerprint density at radius 2 is 1.90 bits per heavy atom. The third-order valence-electron chi connectivity index (χ3n) is 3.87. The molecule has 0 atom stereocenters. The maximum Gasteiger partial charge on any atom is 0.324 e. The topological polar surface area (TPSA) is 83.5 Å². The van der Waals surface area contributed by atoms with Crippen molar-refractivity contribution in [1.82, 2.24) is 4.72 Å². The van der Waals surface area contributed by atoms with Gasteiger partial charge in [0.05, 0.1) is 4.90 Å². The highest BCUT2D eigenvalue weighted by Gasteiger charge is 2.43. The minimum atomic E-state index is -3.90. The standard InChI is InChI=1S/C14H18ClNO4S/c1-10-9-11(15)5-6-12(10)21(19,20)16-14(13(17)18)7-3-2-4-8-14/h5-6,9,16H,2-4,7-8H2,1H3,(H,17,18). The van der Waals surface area contributed by atoms with Crippen molar-refractivity contribution < 1.29 is 18.3 Å². The summed E-state index contributed by atoms with van der Waals surface area (Å²) in [4.78, 5) is 11.6. The first kappa shape index (κ1) is 16.3. The van der Waals surface area contributed by atoms with Gasteiger partial charge in [0, 0.05) is 5.02 Å². The Kier molecular flexibility index (Phi) is 4.60. The Hall–Kier alpha value is -1.11. The van der Waals surface area contributed by atoms with Crippen molar-refractivity contribution in [1.29, 1.82) is 0 Å². The molecule has 1 fully saturated rings. The van der Waals surface area contributed by atoms with E-state index in [4.69, 9.17) is 11.6 Å². The average Bonchev–Trinajstić information content (AvgIpc) is 2.38. The van der Waals surface area contributed by atoms with Crippen LogP contribution in [0.2, 0.25) is 5.02 Å². The molecule has 1 aromatic carbocycles. The minimum Gasteiger partial charge on any atom is -0.480 e. The van der Waals surface area contributed by atoms with Gasteiger partial charge in [-0.15, -0.1) is 0 Å². The summed E-state index contributed by atoms with van der Waals surface area (Å²) in [6.45, 7) is 1.63. The molecule has 1 aliphatic carbocycles. The lowest BCUT2D eigenvalue weighted by molar-refractivity contribution is -0.145. The lowest BCUT2D eigenvalue weighted by Gasteiger charge is -2.33. The van der Waals surface area contributed by atoms with Gasteiger partial charge in [-0.2, -0.15) is 4.72 Å². The molecule has 5 nitrogen and oxygen atoms in total. The molecule has 0 unspecified atom stereocenters. The number of carboxylic acid groups (broad SMARTS) is 1. The fourth-order valence-corrected chi connectivity index (χ4v) is 4.61. The van der Waals surface area contributed by atoms with Crippen LogP contribution in [0.1, 0.15) is 37.7 Å². The van der Waals surface area contributed by atoms with Crippen LogP contribution in [-0.4, -0.2) is 25.0 Å². The van der Waals surface area contributed by atoms with Crippen LogP contribution >= 0.6 is 11.6 Å². The predicted molar refractivity (Wildman–Crippen MR) is 80.0 cm³/mol. The van der Waals surface area contributed by atoms with Crippen LogP contribution in [0.5, 0.6) is 0 Å². The number of carbonyl (C=O) groups is 1. The summed E-state index contributed by atoms with van der Waals surface area (Å²) in [5.41, 5.74) is -0.908. The van der Waals surface area contributed by atoms with Crippen molar-refractivity contribution in [2.24, 2.45) is 0 Å². The fraction of sp³-hybridized carbons (Fsp3) is 0.500. The van der Waals surface area contributed by atoms with Gasteiger partial charge in [-0.3, -0.25) is 4.79 Å². The van der Waals surface area contributed by atoms with E-state index < -0.39 is 21.5 Å². The SMILES string of the molecule is Cc1cc(Cl)ccc1S(=O)(=O)NC1(C(=O)O)CCCCC1. The smallest absolute Gasteiger partial charge is 0.324 e. The number of carboxylic acids is 1. The lowest BCUT2D eigenvalue weighted by Crippen LogP contribution is -2.55. The quantitative estimate of drug-likeness (QED) is 0.888. The van der Waals surface area contributed by atoms with Crippen molar-refractivity contribution >= 4 is 27.6 Å². The normalized spacial score (nSPS) is 18.4. The first-order valence-electron chi connectivity index (χ1n) is 6.80. The maximum atomic E-state index is 12.5. The number of rotatable bonds is 4. The molecule has 0 bridgehead atoms. The van der Waals surface area contributed by atoms with E-state index in [1.54, 1.807) is 13.0 Å². The Morgan fingerprint density at radius 3 is 2.43 bits per heavy atom. The van der Waals surface area contributed by atoms with Crippen molar-refractivity contribution in [2.45, 2.75) is 49.5 Å². The molecule has 2 N–H and O–H groups in total. The molecule has 0 radical (unpaired) electrons. The number of benzene rings is 1. The second-order valence-electron chi connectivity index (χ2n) is 5.46. The molecule has 0 spiro atoms. The van der Waals surface area contributed by atoms with Gasteiger partial charge in [-0.05, 0) is 43.5 Å². The maximum absolute atomic E-state index is 12.5. The van der Waals surface area contributed by atoms with E-state index in [0.717, 1.165) is 6.42 Å². The molecule has 116 valence electrons. The first-order chi connectivity index (χ1) is 9.77. The summed E-state index contributed by atoms with van der Waals surface area (Å²) < 4.78 is 27.5. The van der Waals surface area contributed by atoms with Crippen LogP contribution in [0.25, 0.3) is 0 Å². The van der Waals surface area contributed by atoms with Crippen LogP contribution < -0.4 is 4.72 Å². The first-order valence-corrected chi connectivity index (χ1v) is 8.66. The lowest BCUT2D eigenvalue weighted by atomic mass is 9.83. The summed E-state index contributed by atoms with van der Waals surface area (Å²) in [5, 5.41) is 9.91. The molecule has 0 aromatic heterocycles. The zero-order chi connectivity index (χ0) is 15.7. The van der Waals surface area contributed by atoms with Crippen LogP contribution in [0.3, 0.4) is 0 Å². The van der Waals surface area contributed by atoms with Crippen LogP contribution in [-0.2, 0) is 14.8 Å². The third-order valence-corrected chi connectivity index (χ3v) is 5.80. The van der Waals surface area contributed by atoms with Gasteiger partial charge in [0.25, 0.3) is 0 Å². The molecular formula is C14H18ClNO4S. The summed E-state index contributed by atoms with van der Waals surface area (Å²) in [6.07, 6.45) is 2.96. The number of aryl methyl sites for hydroxylation is 1. The Balaban J connectivity index is 2.37.